The lowest BCUT2D eigenvalue weighted by Gasteiger charge is -2.38. The normalized spacial score (nSPS) is 13.6. The molecule has 0 radical (unpaired) electrons. The van der Waals surface area contributed by atoms with Gasteiger partial charge in [-0.25, -0.2) is 0 Å². The van der Waals surface area contributed by atoms with Crippen LogP contribution >= 0.6 is 0 Å². The average molecular weight is 709 g/mol. The van der Waals surface area contributed by atoms with Crippen LogP contribution in [0.5, 0.6) is 0 Å². The highest BCUT2D eigenvalue weighted by atomic mass is 16.3. The van der Waals surface area contributed by atoms with Crippen molar-refractivity contribution in [2.75, 3.05) is 26.2 Å². The number of likely N-dealkylation sites (N-methyl/N-ethyl adjacent to an activating group) is 1. The second-order valence-electron chi connectivity index (χ2n) is 15.0. The molecule has 0 spiro atoms. The first-order chi connectivity index (χ1) is 24.9. The van der Waals surface area contributed by atoms with Crippen molar-refractivity contribution in [2.45, 2.75) is 91.8 Å². The Morgan fingerprint density at radius 3 is 1.71 bits per heavy atom. The molecule has 0 aliphatic heterocycles. The van der Waals surface area contributed by atoms with E-state index in [4.69, 9.17) is 5.73 Å². The number of carbonyl (C=O) groups excluding carboxylic acids is 3. The highest BCUT2D eigenvalue weighted by Gasteiger charge is 2.41. The number of imide groups is 1. The number of benzene rings is 4. The number of nitrogens with one attached hydrogen (secondary N) is 1. The molecule has 0 bridgehead atoms. The summed E-state index contributed by atoms with van der Waals surface area (Å²) in [5.41, 5.74) is 8.60. The van der Waals surface area contributed by atoms with Crippen LogP contribution in [0.15, 0.2) is 84.9 Å². The van der Waals surface area contributed by atoms with Crippen LogP contribution in [0.2, 0.25) is 0 Å². The second kappa shape index (κ2) is 19.6. The molecular formula is C44H60N4O4. The van der Waals surface area contributed by atoms with Gasteiger partial charge >= 0.3 is 0 Å². The molecule has 4 aromatic rings. The largest absolute Gasteiger partial charge is 0.390 e. The average Bonchev–Trinajstić information content (AvgIpc) is 3.12. The van der Waals surface area contributed by atoms with Gasteiger partial charge in [0.1, 0.15) is 0 Å². The van der Waals surface area contributed by atoms with E-state index in [0.717, 1.165) is 45.8 Å². The van der Waals surface area contributed by atoms with Gasteiger partial charge in [0.15, 0.2) is 0 Å². The highest BCUT2D eigenvalue weighted by Crippen LogP contribution is 2.30. The lowest BCUT2D eigenvalue weighted by Crippen LogP contribution is -2.58. The van der Waals surface area contributed by atoms with Gasteiger partial charge in [-0.15, -0.1) is 0 Å². The summed E-state index contributed by atoms with van der Waals surface area (Å²) >= 11 is 0. The quantitative estimate of drug-likeness (QED) is 0.0994. The molecule has 4 rings (SSSR count). The molecule has 0 aliphatic carbocycles. The molecule has 0 unspecified atom stereocenters. The number of nitrogens with two attached hydrogens (primary N) is 1. The van der Waals surface area contributed by atoms with Crippen LogP contribution in [-0.2, 0) is 27.2 Å². The Hall–Kier alpha value is -4.11. The van der Waals surface area contributed by atoms with Crippen LogP contribution in [0.3, 0.4) is 0 Å². The van der Waals surface area contributed by atoms with E-state index in [1.165, 1.54) is 4.90 Å². The SMILES string of the molecule is CCN(CC)CCNC(=O)C[C@H](O)[C@H](CC(C)C)N(C(=O)C(Cc1cccc2ccccc12)Cc1cccc2ccccc12)C(=O)[C@@H](N)CC(C)C. The van der Waals surface area contributed by atoms with E-state index < -0.39 is 30.0 Å². The van der Waals surface area contributed by atoms with Gasteiger partial charge in [-0.2, -0.15) is 0 Å². The van der Waals surface area contributed by atoms with Gasteiger partial charge in [-0.05, 0) is 83.3 Å². The Bertz CT molecular complexity index is 1680. The summed E-state index contributed by atoms with van der Waals surface area (Å²) in [6.45, 7) is 15.0. The molecule has 0 aliphatic rings. The minimum absolute atomic E-state index is 0.0179. The number of aliphatic hydroxyl groups excluding tert-OH is 1. The number of fused-ring (bicyclic) bond motifs is 2. The Kier molecular flexibility index (Phi) is 15.4. The number of hydrogen-bond acceptors (Lipinski definition) is 6. The Morgan fingerprint density at radius 2 is 1.21 bits per heavy atom. The van der Waals surface area contributed by atoms with Crippen molar-refractivity contribution in [2.24, 2.45) is 23.5 Å². The van der Waals surface area contributed by atoms with Crippen LogP contribution < -0.4 is 11.1 Å². The summed E-state index contributed by atoms with van der Waals surface area (Å²) in [5, 5.41) is 19.0. The van der Waals surface area contributed by atoms with Crippen LogP contribution in [0.25, 0.3) is 21.5 Å². The standard InChI is InChI=1S/C44H60N4O4/c1-7-47(8-2)24-23-46-42(50)29-41(49)40(26-31(5)6)48(44(52)39(45)25-30(3)4)43(51)36(27-34-19-13-17-32-15-9-11-21-37(32)34)28-35-20-14-18-33-16-10-12-22-38(33)35/h9-22,30-31,36,39-41,49H,7-8,23-29,45H2,1-6H3,(H,46,50)/t39-,40-,41-/m0/s1. The predicted molar refractivity (Wildman–Crippen MR) is 213 cm³/mol. The molecule has 280 valence electrons. The van der Waals surface area contributed by atoms with Crippen molar-refractivity contribution >= 4 is 39.3 Å². The summed E-state index contributed by atoms with van der Waals surface area (Å²) in [4.78, 5) is 46.5. The van der Waals surface area contributed by atoms with Gasteiger partial charge in [0.05, 0.1) is 24.6 Å². The van der Waals surface area contributed by atoms with Crippen molar-refractivity contribution in [1.29, 1.82) is 0 Å². The van der Waals surface area contributed by atoms with Crippen LogP contribution in [0.1, 0.15) is 71.9 Å². The Labute approximate surface area is 310 Å². The first-order valence-electron chi connectivity index (χ1n) is 19.2. The molecule has 0 heterocycles. The predicted octanol–water partition coefficient (Wildman–Crippen LogP) is 6.75. The zero-order chi connectivity index (χ0) is 37.8. The number of aliphatic hydroxyl groups is 1. The molecule has 8 nitrogen and oxygen atoms in total. The maximum Gasteiger partial charge on any atom is 0.246 e. The third-order valence-corrected chi connectivity index (χ3v) is 10.1. The minimum Gasteiger partial charge on any atom is -0.390 e. The molecule has 3 amide bonds. The molecule has 0 aromatic heterocycles. The number of rotatable bonds is 19. The smallest absolute Gasteiger partial charge is 0.246 e. The Balaban J connectivity index is 1.77. The molecule has 0 fully saturated rings. The molecular weight excluding hydrogens is 649 g/mol. The molecule has 0 saturated carbocycles. The van der Waals surface area contributed by atoms with E-state index >= 15 is 4.79 Å². The molecule has 3 atom stereocenters. The van der Waals surface area contributed by atoms with Crippen LogP contribution in [0, 0.1) is 17.8 Å². The van der Waals surface area contributed by atoms with Crippen molar-refractivity contribution < 1.29 is 19.5 Å². The van der Waals surface area contributed by atoms with Crippen LogP contribution in [0.4, 0.5) is 0 Å². The molecule has 0 saturated heterocycles. The van der Waals surface area contributed by atoms with Crippen molar-refractivity contribution in [1.82, 2.24) is 15.1 Å². The fourth-order valence-corrected chi connectivity index (χ4v) is 7.35. The lowest BCUT2D eigenvalue weighted by molar-refractivity contribution is -0.156. The zero-order valence-electron chi connectivity index (χ0n) is 32.1. The molecule has 8 heteroatoms. The van der Waals surface area contributed by atoms with Gasteiger partial charge in [-0.3, -0.25) is 19.3 Å². The Morgan fingerprint density at radius 1 is 0.712 bits per heavy atom. The highest BCUT2D eigenvalue weighted by molar-refractivity contribution is 6.00. The third-order valence-electron chi connectivity index (χ3n) is 10.1. The lowest BCUT2D eigenvalue weighted by atomic mass is 9.86. The third kappa shape index (κ3) is 11.0. The van der Waals surface area contributed by atoms with E-state index in [0.29, 0.717) is 38.8 Å². The summed E-state index contributed by atoms with van der Waals surface area (Å²) in [5.74, 6) is -1.73. The number of nitrogens with zero attached hydrogens (tertiary/aromatic N) is 2. The minimum atomic E-state index is -1.27. The number of carbonyl (C=O) groups is 3. The number of hydrogen-bond donors (Lipinski definition) is 3. The van der Waals surface area contributed by atoms with Gasteiger partial charge in [0.2, 0.25) is 17.7 Å². The summed E-state index contributed by atoms with van der Waals surface area (Å²) in [6, 6.07) is 26.6. The summed E-state index contributed by atoms with van der Waals surface area (Å²) in [7, 11) is 0. The summed E-state index contributed by atoms with van der Waals surface area (Å²) < 4.78 is 0. The maximum absolute atomic E-state index is 15.3. The topological polar surface area (TPSA) is 116 Å². The molecule has 52 heavy (non-hydrogen) atoms. The summed E-state index contributed by atoms with van der Waals surface area (Å²) in [6.07, 6.45) is -0.0357. The zero-order valence-corrected chi connectivity index (χ0v) is 32.1. The first-order valence-corrected chi connectivity index (χ1v) is 19.2. The van der Waals surface area contributed by atoms with Gasteiger partial charge < -0.3 is 21.1 Å². The molecule has 4 N–H and O–H groups in total. The fourth-order valence-electron chi connectivity index (χ4n) is 7.35. The maximum atomic E-state index is 15.3. The van der Waals surface area contributed by atoms with E-state index in [9.17, 15) is 14.7 Å². The van der Waals surface area contributed by atoms with Gasteiger partial charge in [-0.1, -0.05) is 126 Å². The van der Waals surface area contributed by atoms with Crippen LogP contribution in [-0.4, -0.2) is 77.0 Å². The van der Waals surface area contributed by atoms with Crippen molar-refractivity contribution in [3.8, 4) is 0 Å². The van der Waals surface area contributed by atoms with Gasteiger partial charge in [0.25, 0.3) is 0 Å². The monoisotopic (exact) mass is 708 g/mol. The van der Waals surface area contributed by atoms with Crippen molar-refractivity contribution in [3.63, 3.8) is 0 Å². The first kappa shape index (κ1) is 40.7. The second-order valence-corrected chi connectivity index (χ2v) is 15.0. The fraction of sp³-hybridized carbons (Fsp3) is 0.477. The molecule has 4 aromatic carbocycles. The van der Waals surface area contributed by atoms with Gasteiger partial charge in [0, 0.05) is 19.0 Å². The van der Waals surface area contributed by atoms with Crippen molar-refractivity contribution in [3.05, 3.63) is 96.1 Å². The van der Waals surface area contributed by atoms with E-state index in [-0.39, 0.29) is 30.1 Å². The van der Waals surface area contributed by atoms with E-state index in [1.807, 2.05) is 76.2 Å². The number of amides is 3. The van der Waals surface area contributed by atoms with E-state index in [1.54, 1.807) is 0 Å². The van der Waals surface area contributed by atoms with E-state index in [2.05, 4.69) is 60.5 Å².